The monoisotopic (exact) mass is 455 g/mol. The first-order chi connectivity index (χ1) is 15.4. The number of phenols is 1. The minimum atomic E-state index is -0.203. The van der Waals surface area contributed by atoms with Crippen molar-refractivity contribution < 1.29 is 24.1 Å². The third-order valence-electron chi connectivity index (χ3n) is 6.51. The van der Waals surface area contributed by atoms with Gasteiger partial charge in [0.25, 0.3) is 0 Å². The van der Waals surface area contributed by atoms with Crippen LogP contribution in [0.1, 0.15) is 58.8 Å². The molecule has 1 unspecified atom stereocenters. The molecular weight excluding hydrogens is 430 g/mol. The van der Waals surface area contributed by atoms with Gasteiger partial charge in [-0.15, -0.1) is 0 Å². The molecule has 7 heteroatoms. The summed E-state index contributed by atoms with van der Waals surface area (Å²) < 4.78 is 17.1. The van der Waals surface area contributed by atoms with E-state index in [1.807, 2.05) is 6.92 Å². The normalized spacial score (nSPS) is 21.8. The van der Waals surface area contributed by atoms with Crippen molar-refractivity contribution in [2.75, 3.05) is 13.3 Å². The molecule has 0 bridgehead atoms. The number of carbonyl (C=O) groups is 1. The van der Waals surface area contributed by atoms with Gasteiger partial charge in [-0.05, 0) is 63.1 Å². The van der Waals surface area contributed by atoms with Crippen molar-refractivity contribution >= 4 is 23.5 Å². The van der Waals surface area contributed by atoms with Gasteiger partial charge in [0.15, 0.2) is 12.6 Å². The highest BCUT2D eigenvalue weighted by molar-refractivity contribution is 6.31. The molecule has 0 saturated carbocycles. The summed E-state index contributed by atoms with van der Waals surface area (Å²) in [5, 5.41) is 11.3. The van der Waals surface area contributed by atoms with Crippen LogP contribution in [0.15, 0.2) is 24.0 Å². The Bertz CT molecular complexity index is 1130. The number of fused-ring (bicyclic) bond motifs is 2. The third kappa shape index (κ3) is 3.76. The Balaban J connectivity index is 1.54. The fraction of sp³-hybridized carbons (Fsp3) is 0.400. The second-order valence-corrected chi connectivity index (χ2v) is 9.18. The fourth-order valence-corrected chi connectivity index (χ4v) is 5.03. The van der Waals surface area contributed by atoms with Crippen LogP contribution >= 0.6 is 11.6 Å². The van der Waals surface area contributed by atoms with Gasteiger partial charge in [-0.1, -0.05) is 18.0 Å². The molecule has 0 amide bonds. The summed E-state index contributed by atoms with van der Waals surface area (Å²) in [5.74, 6) is 1.25. The number of aromatic hydroxyl groups is 1. The van der Waals surface area contributed by atoms with E-state index < -0.39 is 0 Å². The molecule has 1 fully saturated rings. The van der Waals surface area contributed by atoms with Gasteiger partial charge in [0.2, 0.25) is 5.78 Å². The second-order valence-electron chi connectivity index (χ2n) is 8.74. The van der Waals surface area contributed by atoms with Crippen LogP contribution < -0.4 is 9.47 Å². The zero-order valence-electron chi connectivity index (χ0n) is 18.2. The maximum absolute atomic E-state index is 13.3. The molecule has 1 saturated heterocycles. The number of rotatable bonds is 3. The number of benzene rings is 2. The standard InChI is InChI=1S/C25H26ClNO5/c1-14-7-20(28)19(11-27-6-4-3-5-15(27)2)25-22(14)23(29)21(32-25)10-16-8-18(26)9-17-12-30-13-31-24(16)17/h7-10,15,28H,3-6,11-13H2,1-2H3/b21-10-. The van der Waals surface area contributed by atoms with E-state index in [0.29, 0.717) is 58.0 Å². The summed E-state index contributed by atoms with van der Waals surface area (Å²) in [5.41, 5.74) is 3.36. The third-order valence-corrected chi connectivity index (χ3v) is 6.73. The van der Waals surface area contributed by atoms with Crippen molar-refractivity contribution in [1.82, 2.24) is 4.90 Å². The van der Waals surface area contributed by atoms with Gasteiger partial charge in [-0.3, -0.25) is 9.69 Å². The van der Waals surface area contributed by atoms with Crippen molar-refractivity contribution in [2.45, 2.75) is 52.3 Å². The summed E-state index contributed by atoms with van der Waals surface area (Å²) in [6.45, 7) is 6.07. The van der Waals surface area contributed by atoms with E-state index in [1.165, 1.54) is 6.42 Å². The SMILES string of the molecule is Cc1cc(O)c(CN2CCCCC2C)c2c1C(=O)/C(=C/c1cc(Cl)cc3c1OCOC3)O2. The van der Waals surface area contributed by atoms with Gasteiger partial charge in [0.05, 0.1) is 17.7 Å². The first-order valence-electron chi connectivity index (χ1n) is 11.0. The number of Topliss-reactive ketones (excluding diaryl/α,β-unsaturated/α-hetero) is 1. The number of ketones is 1. The van der Waals surface area contributed by atoms with E-state index in [0.717, 1.165) is 24.9 Å². The quantitative estimate of drug-likeness (QED) is 0.640. The highest BCUT2D eigenvalue weighted by atomic mass is 35.5. The fourth-order valence-electron chi connectivity index (χ4n) is 4.79. The van der Waals surface area contributed by atoms with Gasteiger partial charge in [-0.2, -0.15) is 0 Å². The van der Waals surface area contributed by atoms with Crippen LogP contribution in [0.5, 0.6) is 17.2 Å². The first kappa shape index (κ1) is 21.3. The summed E-state index contributed by atoms with van der Waals surface area (Å²) >= 11 is 6.28. The second kappa shape index (κ2) is 8.43. The van der Waals surface area contributed by atoms with Gasteiger partial charge in [-0.25, -0.2) is 0 Å². The lowest BCUT2D eigenvalue weighted by atomic mass is 9.97. The van der Waals surface area contributed by atoms with Crippen molar-refractivity contribution in [2.24, 2.45) is 0 Å². The summed E-state index contributed by atoms with van der Waals surface area (Å²) in [7, 11) is 0. The zero-order chi connectivity index (χ0) is 22.4. The molecule has 0 radical (unpaired) electrons. The number of allylic oxidation sites excluding steroid dienone is 1. The number of hydrogen-bond donors (Lipinski definition) is 1. The number of carbonyl (C=O) groups excluding carboxylic acids is 1. The molecule has 3 aliphatic rings. The molecule has 2 aromatic rings. The molecule has 32 heavy (non-hydrogen) atoms. The molecule has 1 atom stereocenters. The predicted molar refractivity (Wildman–Crippen MR) is 121 cm³/mol. The molecule has 0 spiro atoms. The van der Waals surface area contributed by atoms with E-state index in [4.69, 9.17) is 25.8 Å². The number of hydrogen-bond acceptors (Lipinski definition) is 6. The minimum absolute atomic E-state index is 0.144. The van der Waals surface area contributed by atoms with Crippen LogP contribution in [0, 0.1) is 6.92 Å². The maximum Gasteiger partial charge on any atom is 0.232 e. The Hall–Kier alpha value is -2.54. The lowest BCUT2D eigenvalue weighted by Gasteiger charge is -2.33. The van der Waals surface area contributed by atoms with Gasteiger partial charge >= 0.3 is 0 Å². The average molecular weight is 456 g/mol. The van der Waals surface area contributed by atoms with Crippen molar-refractivity contribution in [3.63, 3.8) is 0 Å². The minimum Gasteiger partial charge on any atom is -0.507 e. The highest BCUT2D eigenvalue weighted by Crippen LogP contribution is 2.43. The largest absolute Gasteiger partial charge is 0.507 e. The van der Waals surface area contributed by atoms with Crippen LogP contribution in [-0.4, -0.2) is 35.2 Å². The number of phenolic OH excluding ortho intramolecular Hbond substituents is 1. The molecule has 0 aliphatic carbocycles. The first-order valence-corrected chi connectivity index (χ1v) is 11.4. The Kier molecular flexibility index (Phi) is 5.61. The van der Waals surface area contributed by atoms with Crippen LogP contribution in [0.2, 0.25) is 5.02 Å². The smallest absolute Gasteiger partial charge is 0.232 e. The molecule has 0 aromatic heterocycles. The van der Waals surface area contributed by atoms with Crippen LogP contribution in [-0.2, 0) is 17.9 Å². The summed E-state index contributed by atoms with van der Waals surface area (Å²) in [4.78, 5) is 15.6. The molecule has 2 aromatic carbocycles. The number of nitrogens with zero attached hydrogens (tertiary/aromatic N) is 1. The molecule has 168 valence electrons. The Labute approximate surface area is 192 Å². The number of piperidine rings is 1. The summed E-state index contributed by atoms with van der Waals surface area (Å²) in [6.07, 6.45) is 5.15. The maximum atomic E-state index is 13.3. The number of halogens is 1. The van der Waals surface area contributed by atoms with Crippen LogP contribution in [0.4, 0.5) is 0 Å². The lowest BCUT2D eigenvalue weighted by molar-refractivity contribution is -0.0165. The molecule has 3 heterocycles. The van der Waals surface area contributed by atoms with Gasteiger partial charge < -0.3 is 19.3 Å². The van der Waals surface area contributed by atoms with Crippen LogP contribution in [0.3, 0.4) is 0 Å². The number of likely N-dealkylation sites (tertiary alicyclic amines) is 1. The van der Waals surface area contributed by atoms with E-state index in [1.54, 1.807) is 24.3 Å². The van der Waals surface area contributed by atoms with E-state index >= 15 is 0 Å². The van der Waals surface area contributed by atoms with Crippen molar-refractivity contribution in [1.29, 1.82) is 0 Å². The number of aryl methyl sites for hydroxylation is 1. The van der Waals surface area contributed by atoms with E-state index in [-0.39, 0.29) is 24.1 Å². The number of ether oxygens (including phenoxy) is 3. The van der Waals surface area contributed by atoms with Gasteiger partial charge in [0, 0.05) is 28.7 Å². The molecule has 3 aliphatic heterocycles. The molecule has 5 rings (SSSR count). The van der Waals surface area contributed by atoms with Gasteiger partial charge in [0.1, 0.15) is 17.2 Å². The molecule has 1 N–H and O–H groups in total. The zero-order valence-corrected chi connectivity index (χ0v) is 19.0. The Morgan fingerprint density at radius 2 is 2.09 bits per heavy atom. The summed E-state index contributed by atoms with van der Waals surface area (Å²) in [6, 6.07) is 5.63. The average Bonchev–Trinajstić information content (AvgIpc) is 3.08. The Morgan fingerprint density at radius 3 is 2.91 bits per heavy atom. The van der Waals surface area contributed by atoms with Crippen molar-refractivity contribution in [3.05, 3.63) is 56.8 Å². The van der Waals surface area contributed by atoms with Crippen molar-refractivity contribution in [3.8, 4) is 17.2 Å². The van der Waals surface area contributed by atoms with E-state index in [9.17, 15) is 9.90 Å². The lowest BCUT2D eigenvalue weighted by Crippen LogP contribution is -2.36. The van der Waals surface area contributed by atoms with E-state index in [2.05, 4.69) is 11.8 Å². The predicted octanol–water partition coefficient (Wildman–Crippen LogP) is 5.21. The molecule has 6 nitrogen and oxygen atoms in total. The highest BCUT2D eigenvalue weighted by Gasteiger charge is 2.34. The Morgan fingerprint density at radius 1 is 1.25 bits per heavy atom. The van der Waals surface area contributed by atoms with Crippen LogP contribution in [0.25, 0.3) is 6.08 Å². The topological polar surface area (TPSA) is 68.2 Å². The molecular formula is C25H26ClNO5.